The van der Waals surface area contributed by atoms with Gasteiger partial charge in [-0.1, -0.05) is 11.6 Å². The van der Waals surface area contributed by atoms with Crippen LogP contribution in [0.3, 0.4) is 0 Å². The first-order chi connectivity index (χ1) is 8.37. The summed E-state index contributed by atoms with van der Waals surface area (Å²) in [6, 6.07) is 4.93. The quantitative estimate of drug-likeness (QED) is 0.617. The van der Waals surface area contributed by atoms with Gasteiger partial charge in [-0.2, -0.15) is 0 Å². The third kappa shape index (κ3) is 3.03. The van der Waals surface area contributed by atoms with Gasteiger partial charge in [0.2, 0.25) is 0 Å². The minimum absolute atomic E-state index is 0.0619. The summed E-state index contributed by atoms with van der Waals surface area (Å²) in [6.07, 6.45) is 0.341. The number of hydrogen-bond acceptors (Lipinski definition) is 4. The highest BCUT2D eigenvalue weighted by Crippen LogP contribution is 2.25. The number of benzene rings is 1. The van der Waals surface area contributed by atoms with Crippen LogP contribution in [0.15, 0.2) is 18.2 Å². The van der Waals surface area contributed by atoms with Gasteiger partial charge in [-0.25, -0.2) is 8.42 Å². The van der Waals surface area contributed by atoms with Gasteiger partial charge in [-0.05, 0) is 37.1 Å². The average Bonchev–Trinajstić information content (AvgIpc) is 2.63. The Labute approximate surface area is 111 Å². The number of carbonyl (C=O) groups excluding carboxylic acids is 1. The molecule has 0 bridgehead atoms. The zero-order valence-electron chi connectivity index (χ0n) is 9.85. The van der Waals surface area contributed by atoms with E-state index >= 15 is 0 Å². The molecule has 4 nitrogen and oxygen atoms in total. The first-order valence-corrected chi connectivity index (χ1v) is 7.75. The largest absolute Gasteiger partial charge is 0.426 e. The number of esters is 1. The molecule has 1 aliphatic rings. The molecule has 6 heteroatoms. The van der Waals surface area contributed by atoms with Crippen LogP contribution < -0.4 is 4.74 Å². The summed E-state index contributed by atoms with van der Waals surface area (Å²) in [6.45, 7) is 1.78. The summed E-state index contributed by atoms with van der Waals surface area (Å²) in [5.74, 6) is -0.662. The van der Waals surface area contributed by atoms with Crippen LogP contribution in [0.2, 0.25) is 5.02 Å². The van der Waals surface area contributed by atoms with E-state index < -0.39 is 21.7 Å². The van der Waals surface area contributed by atoms with E-state index in [9.17, 15) is 13.2 Å². The van der Waals surface area contributed by atoms with E-state index in [-0.39, 0.29) is 11.5 Å². The van der Waals surface area contributed by atoms with Gasteiger partial charge in [0.05, 0.1) is 17.4 Å². The Hall–Kier alpha value is -1.07. The minimum Gasteiger partial charge on any atom is -0.426 e. The molecule has 1 fully saturated rings. The molecular formula is C12H13ClO4S. The van der Waals surface area contributed by atoms with Crippen LogP contribution in [-0.2, 0) is 14.6 Å². The molecule has 98 valence electrons. The molecule has 1 aliphatic heterocycles. The molecule has 0 amide bonds. The van der Waals surface area contributed by atoms with Crippen molar-refractivity contribution in [3.63, 3.8) is 0 Å². The summed E-state index contributed by atoms with van der Waals surface area (Å²) in [5.41, 5.74) is 0.747. The monoisotopic (exact) mass is 288 g/mol. The Morgan fingerprint density at radius 1 is 1.44 bits per heavy atom. The lowest BCUT2D eigenvalue weighted by Gasteiger charge is -2.10. The number of halogens is 1. The third-order valence-electron chi connectivity index (χ3n) is 2.91. The van der Waals surface area contributed by atoms with E-state index in [1.54, 1.807) is 25.1 Å². The van der Waals surface area contributed by atoms with Gasteiger partial charge >= 0.3 is 5.97 Å². The molecule has 1 aromatic carbocycles. The topological polar surface area (TPSA) is 60.4 Å². The summed E-state index contributed by atoms with van der Waals surface area (Å²) < 4.78 is 27.8. The number of aryl methyl sites for hydroxylation is 1. The van der Waals surface area contributed by atoms with Crippen molar-refractivity contribution in [1.29, 1.82) is 0 Å². The third-order valence-corrected chi connectivity index (χ3v) is 4.92. The first-order valence-electron chi connectivity index (χ1n) is 5.56. The Balaban J connectivity index is 2.08. The molecule has 0 aromatic heterocycles. The number of hydrogen-bond donors (Lipinski definition) is 0. The van der Waals surface area contributed by atoms with Crippen molar-refractivity contribution in [3.8, 4) is 5.75 Å². The maximum absolute atomic E-state index is 11.8. The van der Waals surface area contributed by atoms with Gasteiger partial charge in [0.1, 0.15) is 5.75 Å². The average molecular weight is 289 g/mol. The van der Waals surface area contributed by atoms with Gasteiger partial charge in [-0.3, -0.25) is 4.79 Å². The molecule has 1 aromatic rings. The second kappa shape index (κ2) is 4.90. The van der Waals surface area contributed by atoms with Crippen molar-refractivity contribution >= 4 is 27.4 Å². The van der Waals surface area contributed by atoms with Crippen LogP contribution in [-0.4, -0.2) is 25.9 Å². The van der Waals surface area contributed by atoms with Crippen LogP contribution in [0.5, 0.6) is 5.75 Å². The molecule has 1 heterocycles. The fourth-order valence-electron chi connectivity index (χ4n) is 1.90. The van der Waals surface area contributed by atoms with Gasteiger partial charge in [0.15, 0.2) is 9.84 Å². The van der Waals surface area contributed by atoms with Crippen LogP contribution >= 0.6 is 11.6 Å². The smallest absolute Gasteiger partial charge is 0.315 e. The lowest BCUT2D eigenvalue weighted by molar-refractivity contribution is -0.138. The summed E-state index contributed by atoms with van der Waals surface area (Å²) in [5, 5.41) is 0.566. The standard InChI is InChI=1S/C12H13ClO4S/c1-8-6-10(13)2-3-11(8)17-12(14)9-4-5-18(15,16)7-9/h2-3,6,9H,4-5,7H2,1H3. The minimum atomic E-state index is -3.07. The zero-order valence-corrected chi connectivity index (χ0v) is 11.4. The molecule has 1 saturated heterocycles. The molecule has 2 rings (SSSR count). The molecule has 0 aliphatic carbocycles. The predicted molar refractivity (Wildman–Crippen MR) is 68.6 cm³/mol. The fraction of sp³-hybridized carbons (Fsp3) is 0.417. The maximum Gasteiger partial charge on any atom is 0.315 e. The van der Waals surface area contributed by atoms with Crippen molar-refractivity contribution in [2.75, 3.05) is 11.5 Å². The number of rotatable bonds is 2. The summed E-state index contributed by atoms with van der Waals surface area (Å²) in [4.78, 5) is 11.8. The van der Waals surface area contributed by atoms with Gasteiger partial charge in [-0.15, -0.1) is 0 Å². The molecule has 0 spiro atoms. The van der Waals surface area contributed by atoms with Crippen LogP contribution in [0.25, 0.3) is 0 Å². The van der Waals surface area contributed by atoms with E-state index in [1.165, 1.54) is 0 Å². The van der Waals surface area contributed by atoms with Gasteiger partial charge in [0, 0.05) is 5.02 Å². The van der Waals surface area contributed by atoms with E-state index in [0.29, 0.717) is 17.2 Å². The molecule has 0 radical (unpaired) electrons. The van der Waals surface area contributed by atoms with E-state index in [2.05, 4.69) is 0 Å². The van der Waals surface area contributed by atoms with Gasteiger partial charge < -0.3 is 4.74 Å². The highest BCUT2D eigenvalue weighted by molar-refractivity contribution is 7.91. The van der Waals surface area contributed by atoms with Crippen LogP contribution in [0.1, 0.15) is 12.0 Å². The maximum atomic E-state index is 11.8. The fourth-order valence-corrected chi connectivity index (χ4v) is 3.85. The molecular weight excluding hydrogens is 276 g/mol. The highest BCUT2D eigenvalue weighted by Gasteiger charge is 2.34. The number of sulfone groups is 1. The van der Waals surface area contributed by atoms with Crippen molar-refractivity contribution in [3.05, 3.63) is 28.8 Å². The molecule has 1 atom stereocenters. The van der Waals surface area contributed by atoms with Crippen molar-refractivity contribution < 1.29 is 17.9 Å². The second-order valence-electron chi connectivity index (χ2n) is 4.43. The Morgan fingerprint density at radius 2 is 2.17 bits per heavy atom. The Bertz CT molecular complexity index is 580. The van der Waals surface area contributed by atoms with Crippen molar-refractivity contribution in [2.24, 2.45) is 5.92 Å². The van der Waals surface area contributed by atoms with Crippen LogP contribution in [0, 0.1) is 12.8 Å². The number of ether oxygens (including phenoxy) is 1. The zero-order chi connectivity index (χ0) is 13.3. The highest BCUT2D eigenvalue weighted by atomic mass is 35.5. The van der Waals surface area contributed by atoms with Crippen LogP contribution in [0.4, 0.5) is 0 Å². The van der Waals surface area contributed by atoms with E-state index in [0.717, 1.165) is 5.56 Å². The molecule has 0 N–H and O–H groups in total. The van der Waals surface area contributed by atoms with Crippen molar-refractivity contribution in [2.45, 2.75) is 13.3 Å². The summed E-state index contributed by atoms with van der Waals surface area (Å²) in [7, 11) is -3.07. The Morgan fingerprint density at radius 3 is 2.72 bits per heavy atom. The normalized spacial score (nSPS) is 21.8. The van der Waals surface area contributed by atoms with E-state index in [1.807, 2.05) is 0 Å². The molecule has 18 heavy (non-hydrogen) atoms. The second-order valence-corrected chi connectivity index (χ2v) is 7.10. The van der Waals surface area contributed by atoms with E-state index in [4.69, 9.17) is 16.3 Å². The Kier molecular flexibility index (Phi) is 3.64. The summed E-state index contributed by atoms with van der Waals surface area (Å²) >= 11 is 5.80. The predicted octanol–water partition coefficient (Wildman–Crippen LogP) is 1.99. The SMILES string of the molecule is Cc1cc(Cl)ccc1OC(=O)C1CCS(=O)(=O)C1. The number of carbonyl (C=O) groups is 1. The van der Waals surface area contributed by atoms with Gasteiger partial charge in [0.25, 0.3) is 0 Å². The lowest BCUT2D eigenvalue weighted by Crippen LogP contribution is -2.21. The lowest BCUT2D eigenvalue weighted by atomic mass is 10.1. The molecule has 1 unspecified atom stereocenters. The first kappa shape index (κ1) is 13.4. The molecule has 0 saturated carbocycles. The van der Waals surface area contributed by atoms with Crippen molar-refractivity contribution in [1.82, 2.24) is 0 Å².